The van der Waals surface area contributed by atoms with Gasteiger partial charge in [-0.2, -0.15) is 5.10 Å². The van der Waals surface area contributed by atoms with E-state index in [0.29, 0.717) is 21.4 Å². The average molecular weight is 498 g/mol. The molecule has 0 saturated carbocycles. The third-order valence-corrected chi connectivity index (χ3v) is 6.49. The Morgan fingerprint density at radius 1 is 0.743 bits per heavy atom. The minimum atomic E-state index is -0.335. The van der Waals surface area contributed by atoms with Crippen LogP contribution in [0.25, 0.3) is 28.1 Å². The molecule has 6 heteroatoms. The predicted octanol–water partition coefficient (Wildman–Crippen LogP) is 8.07. The third kappa shape index (κ3) is 4.85. The lowest BCUT2D eigenvalue weighted by Gasteiger charge is -2.11. The molecule has 0 fully saturated rings. The maximum atomic E-state index is 13.1. The number of aryl methyl sites for hydroxylation is 1. The molecule has 1 aromatic heterocycles. The minimum Gasteiger partial charge on any atom is -0.321 e. The number of aromatic nitrogens is 2. The number of carbonyl (C=O) groups is 1. The van der Waals surface area contributed by atoms with Crippen LogP contribution in [-0.4, -0.2) is 15.7 Å². The van der Waals surface area contributed by atoms with Gasteiger partial charge in [0.25, 0.3) is 5.91 Å². The summed E-state index contributed by atoms with van der Waals surface area (Å²) in [5.74, 6) is -0.335. The van der Waals surface area contributed by atoms with Crippen molar-refractivity contribution in [2.75, 3.05) is 5.32 Å². The van der Waals surface area contributed by atoms with Crippen molar-refractivity contribution in [3.63, 3.8) is 0 Å². The molecule has 5 rings (SSSR count). The van der Waals surface area contributed by atoms with E-state index < -0.39 is 0 Å². The molecule has 0 bridgehead atoms. The normalized spacial score (nSPS) is 10.8. The number of anilines is 1. The van der Waals surface area contributed by atoms with E-state index in [1.54, 1.807) is 24.3 Å². The minimum absolute atomic E-state index is 0.293. The number of carbonyl (C=O) groups excluding carboxylic acids is 1. The van der Waals surface area contributed by atoms with Crippen LogP contribution in [0.3, 0.4) is 0 Å². The monoisotopic (exact) mass is 497 g/mol. The molecule has 4 aromatic carbocycles. The molecule has 172 valence electrons. The first kappa shape index (κ1) is 22.9. The summed E-state index contributed by atoms with van der Waals surface area (Å²) >= 11 is 12.1. The molecule has 1 amide bonds. The van der Waals surface area contributed by atoms with E-state index in [-0.39, 0.29) is 5.91 Å². The second kappa shape index (κ2) is 9.79. The number of nitrogens with one attached hydrogen (secondary N) is 1. The first-order valence-electron chi connectivity index (χ1n) is 11.1. The van der Waals surface area contributed by atoms with E-state index in [9.17, 15) is 4.79 Å². The van der Waals surface area contributed by atoms with Crippen LogP contribution in [0.2, 0.25) is 10.0 Å². The van der Waals surface area contributed by atoms with Crippen molar-refractivity contribution in [1.82, 2.24) is 9.78 Å². The van der Waals surface area contributed by atoms with Gasteiger partial charge in [0, 0.05) is 11.3 Å². The van der Waals surface area contributed by atoms with Crippen molar-refractivity contribution in [2.45, 2.75) is 6.92 Å². The largest absolute Gasteiger partial charge is 0.321 e. The molecule has 0 spiro atoms. The van der Waals surface area contributed by atoms with Gasteiger partial charge in [0.1, 0.15) is 0 Å². The van der Waals surface area contributed by atoms with Crippen molar-refractivity contribution in [2.24, 2.45) is 0 Å². The maximum absolute atomic E-state index is 13.1. The first-order chi connectivity index (χ1) is 17.0. The van der Waals surface area contributed by atoms with E-state index in [4.69, 9.17) is 23.2 Å². The number of hydrogen-bond donors (Lipinski definition) is 1. The quantitative estimate of drug-likeness (QED) is 0.266. The first-order valence-corrected chi connectivity index (χ1v) is 11.8. The summed E-state index contributed by atoms with van der Waals surface area (Å²) in [6.45, 7) is 2.02. The SMILES string of the molecule is Cc1ccccc1-n1nc(C(=O)Nc2ccc(Cl)c(Cl)c2)cc1-c1ccc(-c2ccccc2)cc1. The molecule has 35 heavy (non-hydrogen) atoms. The Kier molecular flexibility index (Phi) is 6.41. The highest BCUT2D eigenvalue weighted by Crippen LogP contribution is 2.29. The molecule has 0 aliphatic carbocycles. The summed E-state index contributed by atoms with van der Waals surface area (Å²) < 4.78 is 1.82. The highest BCUT2D eigenvalue weighted by Gasteiger charge is 2.18. The van der Waals surface area contributed by atoms with Crippen LogP contribution < -0.4 is 5.32 Å². The standard InChI is InChI=1S/C29H21Cl2N3O/c1-19-7-5-6-10-27(19)34-28(22-13-11-21(12-14-22)20-8-3-2-4-9-20)18-26(33-34)29(35)32-23-15-16-24(30)25(31)17-23/h2-18H,1H3,(H,32,35). The second-order valence-electron chi connectivity index (χ2n) is 8.14. The molecular formula is C29H21Cl2N3O. The summed E-state index contributed by atoms with van der Waals surface area (Å²) in [4.78, 5) is 13.1. The van der Waals surface area contributed by atoms with E-state index >= 15 is 0 Å². The van der Waals surface area contributed by atoms with Crippen molar-refractivity contribution < 1.29 is 4.79 Å². The molecule has 0 radical (unpaired) electrons. The Labute approximate surface area is 213 Å². The van der Waals surface area contributed by atoms with Crippen LogP contribution >= 0.6 is 23.2 Å². The van der Waals surface area contributed by atoms with E-state index in [2.05, 4.69) is 46.8 Å². The van der Waals surface area contributed by atoms with E-state index in [0.717, 1.165) is 33.6 Å². The van der Waals surface area contributed by atoms with Crippen molar-refractivity contribution in [3.8, 4) is 28.1 Å². The summed E-state index contributed by atoms with van der Waals surface area (Å²) in [5.41, 5.74) is 6.83. The molecule has 4 nitrogen and oxygen atoms in total. The molecule has 0 aliphatic rings. The maximum Gasteiger partial charge on any atom is 0.276 e. The summed E-state index contributed by atoms with van der Waals surface area (Å²) in [5, 5.41) is 8.33. The zero-order valence-corrected chi connectivity index (χ0v) is 20.4. The second-order valence-corrected chi connectivity index (χ2v) is 8.95. The lowest BCUT2D eigenvalue weighted by Crippen LogP contribution is -2.13. The van der Waals surface area contributed by atoms with Crippen LogP contribution in [0.4, 0.5) is 5.69 Å². The van der Waals surface area contributed by atoms with Crippen molar-refractivity contribution in [3.05, 3.63) is 124 Å². The smallest absolute Gasteiger partial charge is 0.276 e. The number of amides is 1. The zero-order valence-electron chi connectivity index (χ0n) is 18.9. The summed E-state index contributed by atoms with van der Waals surface area (Å²) in [6, 6.07) is 33.2. The number of para-hydroxylation sites is 1. The molecule has 0 atom stereocenters. The summed E-state index contributed by atoms with van der Waals surface area (Å²) in [6.07, 6.45) is 0. The van der Waals surface area contributed by atoms with Crippen LogP contribution in [0.15, 0.2) is 103 Å². The number of benzene rings is 4. The molecule has 0 saturated heterocycles. The summed E-state index contributed by atoms with van der Waals surface area (Å²) in [7, 11) is 0. The van der Waals surface area contributed by atoms with Gasteiger partial charge in [-0.1, -0.05) is 96.0 Å². The van der Waals surface area contributed by atoms with E-state index in [1.165, 1.54) is 0 Å². The predicted molar refractivity (Wildman–Crippen MR) is 144 cm³/mol. The Morgan fingerprint density at radius 3 is 2.11 bits per heavy atom. The number of halogens is 2. The number of hydrogen-bond acceptors (Lipinski definition) is 2. The fraction of sp³-hybridized carbons (Fsp3) is 0.0345. The number of rotatable bonds is 5. The van der Waals surface area contributed by atoms with Gasteiger partial charge in [0.15, 0.2) is 5.69 Å². The van der Waals surface area contributed by atoms with Crippen LogP contribution in [0, 0.1) is 6.92 Å². The van der Waals surface area contributed by atoms with E-state index in [1.807, 2.05) is 54.1 Å². The number of nitrogens with zero attached hydrogens (tertiary/aromatic N) is 2. The zero-order chi connectivity index (χ0) is 24.4. The van der Waals surface area contributed by atoms with Gasteiger partial charge in [-0.25, -0.2) is 4.68 Å². The Morgan fingerprint density at radius 2 is 1.40 bits per heavy atom. The highest BCUT2D eigenvalue weighted by molar-refractivity contribution is 6.42. The Bertz CT molecular complexity index is 1510. The van der Waals surface area contributed by atoms with Gasteiger partial charge in [-0.05, 0) is 53.9 Å². The van der Waals surface area contributed by atoms with Gasteiger partial charge >= 0.3 is 0 Å². The fourth-order valence-corrected chi connectivity index (χ4v) is 4.21. The van der Waals surface area contributed by atoms with Crippen LogP contribution in [-0.2, 0) is 0 Å². The third-order valence-electron chi connectivity index (χ3n) is 5.75. The average Bonchev–Trinajstić information content (AvgIpc) is 3.33. The van der Waals surface area contributed by atoms with Gasteiger partial charge in [0.05, 0.1) is 21.4 Å². The molecule has 1 heterocycles. The van der Waals surface area contributed by atoms with Gasteiger partial charge < -0.3 is 5.32 Å². The van der Waals surface area contributed by atoms with Gasteiger partial charge in [-0.3, -0.25) is 4.79 Å². The molecule has 0 unspecified atom stereocenters. The highest BCUT2D eigenvalue weighted by atomic mass is 35.5. The lowest BCUT2D eigenvalue weighted by molar-refractivity contribution is 0.102. The van der Waals surface area contributed by atoms with Crippen LogP contribution in [0.1, 0.15) is 16.1 Å². The molecule has 0 aliphatic heterocycles. The van der Waals surface area contributed by atoms with Crippen molar-refractivity contribution in [1.29, 1.82) is 0 Å². The Balaban J connectivity index is 1.54. The molecular weight excluding hydrogens is 477 g/mol. The topological polar surface area (TPSA) is 46.9 Å². The Hall–Kier alpha value is -3.86. The molecule has 1 N–H and O–H groups in total. The molecule has 5 aromatic rings. The van der Waals surface area contributed by atoms with Crippen LogP contribution in [0.5, 0.6) is 0 Å². The van der Waals surface area contributed by atoms with Gasteiger partial charge in [0.2, 0.25) is 0 Å². The fourth-order valence-electron chi connectivity index (χ4n) is 3.92. The van der Waals surface area contributed by atoms with Crippen molar-refractivity contribution >= 4 is 34.8 Å². The lowest BCUT2D eigenvalue weighted by atomic mass is 10.0. The van der Waals surface area contributed by atoms with Gasteiger partial charge in [-0.15, -0.1) is 0 Å².